The summed E-state index contributed by atoms with van der Waals surface area (Å²) in [5, 5.41) is 29.0. The molecule has 3 heterocycles. The van der Waals surface area contributed by atoms with Gasteiger partial charge in [-0.05, 0) is 24.0 Å². The number of aryl methyl sites for hydroxylation is 1. The Balaban J connectivity index is 1.40. The van der Waals surface area contributed by atoms with Gasteiger partial charge in [-0.25, -0.2) is 20.1 Å². The standard InChI is InChI=1S/C19H22N6O6S/c20-32(28,29)30-7-13-15(26)16(27)19(31-13)25-9-23-14-17(21-8-22-18(14)25)24-12-6-5-10-3-1-2-4-11(10)12/h1-4,8-9,12-13,15-16,19,26-27H,5-7H2,(H2,20,28,29)(H,21,22,24)/t12-,13+,15+,16-,19+/m0/s1. The first-order valence-corrected chi connectivity index (χ1v) is 11.5. The first kappa shape index (κ1) is 21.2. The molecule has 1 saturated heterocycles. The quantitative estimate of drug-likeness (QED) is 0.383. The second-order valence-electron chi connectivity index (χ2n) is 7.80. The van der Waals surface area contributed by atoms with Crippen molar-refractivity contribution in [2.24, 2.45) is 5.14 Å². The van der Waals surface area contributed by atoms with Crippen LogP contribution >= 0.6 is 0 Å². The monoisotopic (exact) mass is 462 g/mol. The van der Waals surface area contributed by atoms with E-state index in [0.717, 1.165) is 12.8 Å². The van der Waals surface area contributed by atoms with E-state index in [4.69, 9.17) is 9.88 Å². The Kier molecular flexibility index (Phi) is 5.31. The number of nitrogens with zero attached hydrogens (tertiary/aromatic N) is 4. The molecule has 1 aliphatic heterocycles. The predicted molar refractivity (Wildman–Crippen MR) is 111 cm³/mol. The molecule has 1 fully saturated rings. The van der Waals surface area contributed by atoms with Gasteiger partial charge < -0.3 is 20.3 Å². The number of aromatic nitrogens is 4. The molecule has 13 heteroatoms. The SMILES string of the molecule is NS(=O)(=O)OC[C@H]1O[C@@H](n2cnc3c(N[C@H]4CCc5ccccc54)ncnc32)[C@@H](O)[C@@H]1O. The average Bonchev–Trinajstić information content (AvgIpc) is 3.44. The first-order valence-electron chi connectivity index (χ1n) is 10.0. The minimum atomic E-state index is -4.22. The molecule has 0 amide bonds. The van der Waals surface area contributed by atoms with E-state index in [-0.39, 0.29) is 6.04 Å². The lowest BCUT2D eigenvalue weighted by Crippen LogP contribution is -2.35. The molecule has 5 N–H and O–H groups in total. The molecule has 170 valence electrons. The predicted octanol–water partition coefficient (Wildman–Crippen LogP) is -0.235. The van der Waals surface area contributed by atoms with Gasteiger partial charge in [-0.3, -0.25) is 8.75 Å². The van der Waals surface area contributed by atoms with E-state index in [1.54, 1.807) is 0 Å². The van der Waals surface area contributed by atoms with Crippen LogP contribution < -0.4 is 10.5 Å². The van der Waals surface area contributed by atoms with Gasteiger partial charge in [0.25, 0.3) is 0 Å². The molecule has 1 aliphatic carbocycles. The Bertz CT molecular complexity index is 1250. The number of nitrogens with one attached hydrogen (secondary N) is 1. The molecule has 0 bridgehead atoms. The van der Waals surface area contributed by atoms with Crippen LogP contribution in [0.25, 0.3) is 11.2 Å². The minimum absolute atomic E-state index is 0.0873. The number of fused-ring (bicyclic) bond motifs is 2. The van der Waals surface area contributed by atoms with Gasteiger partial charge in [0.05, 0.1) is 19.0 Å². The maximum absolute atomic E-state index is 11.0. The van der Waals surface area contributed by atoms with Crippen molar-refractivity contribution in [1.82, 2.24) is 19.5 Å². The highest BCUT2D eigenvalue weighted by atomic mass is 32.2. The van der Waals surface area contributed by atoms with Gasteiger partial charge in [0, 0.05) is 0 Å². The summed E-state index contributed by atoms with van der Waals surface area (Å²) in [6, 6.07) is 8.31. The summed E-state index contributed by atoms with van der Waals surface area (Å²) in [6.07, 6.45) is -0.228. The molecule has 5 rings (SSSR count). The van der Waals surface area contributed by atoms with Crippen LogP contribution in [0.1, 0.15) is 29.8 Å². The first-order chi connectivity index (χ1) is 15.3. The second-order valence-corrected chi connectivity index (χ2v) is 9.03. The molecule has 0 unspecified atom stereocenters. The zero-order chi connectivity index (χ0) is 22.5. The van der Waals surface area contributed by atoms with Crippen LogP contribution in [0.15, 0.2) is 36.9 Å². The van der Waals surface area contributed by atoms with E-state index in [1.165, 1.54) is 28.3 Å². The normalized spacial score (nSPS) is 27.7. The molecule has 5 atom stereocenters. The molecular formula is C19H22N6O6S. The summed E-state index contributed by atoms with van der Waals surface area (Å²) in [5.41, 5.74) is 3.38. The summed E-state index contributed by atoms with van der Waals surface area (Å²) in [7, 11) is -4.22. The maximum atomic E-state index is 11.0. The van der Waals surface area contributed by atoms with Crippen molar-refractivity contribution >= 4 is 27.3 Å². The van der Waals surface area contributed by atoms with Crippen molar-refractivity contribution < 1.29 is 27.6 Å². The molecular weight excluding hydrogens is 440 g/mol. The third-order valence-electron chi connectivity index (χ3n) is 5.81. The molecule has 3 aromatic rings. The lowest BCUT2D eigenvalue weighted by atomic mass is 10.1. The van der Waals surface area contributed by atoms with Gasteiger partial charge >= 0.3 is 10.3 Å². The minimum Gasteiger partial charge on any atom is -0.387 e. The lowest BCUT2D eigenvalue weighted by molar-refractivity contribution is -0.0467. The fraction of sp³-hybridized carbons (Fsp3) is 0.421. The van der Waals surface area contributed by atoms with E-state index in [1.807, 2.05) is 12.1 Å². The van der Waals surface area contributed by atoms with Crippen LogP contribution in [0.4, 0.5) is 5.82 Å². The van der Waals surface area contributed by atoms with Gasteiger partial charge in [-0.1, -0.05) is 24.3 Å². The van der Waals surface area contributed by atoms with E-state index < -0.39 is 41.5 Å². The number of hydrogen-bond acceptors (Lipinski definition) is 10. The van der Waals surface area contributed by atoms with Gasteiger partial charge in [0.1, 0.15) is 24.6 Å². The van der Waals surface area contributed by atoms with Crippen LogP contribution in [0, 0.1) is 0 Å². The van der Waals surface area contributed by atoms with Crippen molar-refractivity contribution in [2.45, 2.75) is 43.4 Å². The van der Waals surface area contributed by atoms with Gasteiger partial charge in [-0.2, -0.15) is 8.42 Å². The summed E-state index contributed by atoms with van der Waals surface area (Å²) < 4.78 is 33.7. The number of benzene rings is 1. The Labute approximate surface area is 183 Å². The Morgan fingerprint density at radius 1 is 1.22 bits per heavy atom. The van der Waals surface area contributed by atoms with Crippen molar-refractivity contribution in [2.75, 3.05) is 11.9 Å². The third-order valence-corrected chi connectivity index (χ3v) is 6.28. The summed E-state index contributed by atoms with van der Waals surface area (Å²) in [5.74, 6) is 0.539. The number of imidazole rings is 1. The lowest BCUT2D eigenvalue weighted by Gasteiger charge is -2.17. The smallest absolute Gasteiger partial charge is 0.333 e. The van der Waals surface area contributed by atoms with E-state index in [2.05, 4.69) is 36.6 Å². The highest BCUT2D eigenvalue weighted by Crippen LogP contribution is 2.36. The van der Waals surface area contributed by atoms with E-state index >= 15 is 0 Å². The van der Waals surface area contributed by atoms with Crippen LogP contribution in [-0.2, 0) is 25.6 Å². The number of hydrogen-bond donors (Lipinski definition) is 4. The average molecular weight is 462 g/mol. The van der Waals surface area contributed by atoms with Gasteiger partial charge in [0.2, 0.25) is 0 Å². The molecule has 0 spiro atoms. The van der Waals surface area contributed by atoms with Crippen molar-refractivity contribution in [3.8, 4) is 0 Å². The fourth-order valence-electron chi connectivity index (χ4n) is 4.27. The van der Waals surface area contributed by atoms with Crippen LogP contribution in [-0.4, -0.2) is 63.1 Å². The summed E-state index contributed by atoms with van der Waals surface area (Å²) in [4.78, 5) is 13.0. The van der Waals surface area contributed by atoms with Crippen LogP contribution in [0.5, 0.6) is 0 Å². The van der Waals surface area contributed by atoms with Crippen LogP contribution in [0.3, 0.4) is 0 Å². The molecule has 2 aromatic heterocycles. The third kappa shape index (κ3) is 3.83. The van der Waals surface area contributed by atoms with Crippen molar-refractivity contribution in [3.63, 3.8) is 0 Å². The molecule has 2 aliphatic rings. The molecule has 1 aromatic carbocycles. The van der Waals surface area contributed by atoms with E-state index in [0.29, 0.717) is 17.0 Å². The number of aliphatic hydroxyl groups is 2. The number of ether oxygens (including phenoxy) is 1. The highest BCUT2D eigenvalue weighted by Gasteiger charge is 2.45. The largest absolute Gasteiger partial charge is 0.387 e. The molecule has 32 heavy (non-hydrogen) atoms. The summed E-state index contributed by atoms with van der Waals surface area (Å²) in [6.45, 7) is -0.539. The molecule has 0 radical (unpaired) electrons. The molecule has 0 saturated carbocycles. The zero-order valence-corrected chi connectivity index (χ0v) is 17.6. The number of anilines is 1. The van der Waals surface area contributed by atoms with E-state index in [9.17, 15) is 18.6 Å². The van der Waals surface area contributed by atoms with Crippen molar-refractivity contribution in [1.29, 1.82) is 0 Å². The Hall–Kier alpha value is -2.68. The topological polar surface area (TPSA) is 175 Å². The van der Waals surface area contributed by atoms with Crippen molar-refractivity contribution in [3.05, 3.63) is 48.0 Å². The maximum Gasteiger partial charge on any atom is 0.333 e. The number of rotatable bonds is 6. The fourth-order valence-corrected chi connectivity index (χ4v) is 4.60. The van der Waals surface area contributed by atoms with Crippen LogP contribution in [0.2, 0.25) is 0 Å². The summed E-state index contributed by atoms with van der Waals surface area (Å²) >= 11 is 0. The molecule has 12 nitrogen and oxygen atoms in total. The number of aliphatic hydroxyl groups excluding tert-OH is 2. The Morgan fingerprint density at radius 2 is 2.03 bits per heavy atom. The second kappa shape index (κ2) is 8.03. The highest BCUT2D eigenvalue weighted by molar-refractivity contribution is 7.84. The Morgan fingerprint density at radius 3 is 2.84 bits per heavy atom. The zero-order valence-electron chi connectivity index (χ0n) is 16.8. The van der Waals surface area contributed by atoms with Gasteiger partial charge in [-0.15, -0.1) is 0 Å². The van der Waals surface area contributed by atoms with Gasteiger partial charge in [0.15, 0.2) is 23.2 Å². The number of nitrogens with two attached hydrogens (primary N) is 1.